The lowest BCUT2D eigenvalue weighted by Gasteiger charge is -2.20. The number of carboxylic acid groups (broad SMARTS) is 1. The molecule has 1 amide bonds. The first-order valence-electron chi connectivity index (χ1n) is 11.1. The van der Waals surface area contributed by atoms with Crippen LogP contribution in [0.25, 0.3) is 10.9 Å². The molecule has 0 radical (unpaired) electrons. The van der Waals surface area contributed by atoms with Crippen molar-refractivity contribution in [3.8, 4) is 17.2 Å². The van der Waals surface area contributed by atoms with Gasteiger partial charge in [-0.1, -0.05) is 13.0 Å². The summed E-state index contributed by atoms with van der Waals surface area (Å²) in [7, 11) is 1.47. The number of amides is 1. The second-order valence-electron chi connectivity index (χ2n) is 7.77. The van der Waals surface area contributed by atoms with E-state index in [1.54, 1.807) is 43.3 Å². The normalized spacial score (nSPS) is 11.7. The third-order valence-electron chi connectivity index (χ3n) is 5.45. The maximum absolute atomic E-state index is 12.8. The first-order chi connectivity index (χ1) is 16.8. The van der Waals surface area contributed by atoms with Gasteiger partial charge in [-0.15, -0.1) is 0 Å². The number of benzene rings is 2. The number of carbonyl (C=O) groups excluding carboxylic acids is 1. The SMILES string of the molecule is CCC(COc1cccc2nc(C)c(C(=O)O)c(N)c12)NC(=O)c1ccc(OCCO)c(OC)c1. The molecule has 35 heavy (non-hydrogen) atoms. The summed E-state index contributed by atoms with van der Waals surface area (Å²) in [5.41, 5.74) is 7.42. The molecular weight excluding hydrogens is 454 g/mol. The van der Waals surface area contributed by atoms with Crippen LogP contribution in [-0.2, 0) is 0 Å². The molecule has 2 aromatic carbocycles. The van der Waals surface area contributed by atoms with Crippen molar-refractivity contribution in [2.75, 3.05) is 32.7 Å². The van der Waals surface area contributed by atoms with Crippen LogP contribution >= 0.6 is 0 Å². The monoisotopic (exact) mass is 483 g/mol. The molecule has 1 atom stereocenters. The minimum atomic E-state index is -1.16. The maximum Gasteiger partial charge on any atom is 0.339 e. The second kappa shape index (κ2) is 11.4. The lowest BCUT2D eigenvalue weighted by Crippen LogP contribution is -2.38. The Labute approximate surface area is 202 Å². The van der Waals surface area contributed by atoms with Gasteiger partial charge >= 0.3 is 5.97 Å². The van der Waals surface area contributed by atoms with E-state index in [2.05, 4.69) is 10.3 Å². The second-order valence-corrected chi connectivity index (χ2v) is 7.77. The predicted octanol–water partition coefficient (Wildman–Crippen LogP) is 2.79. The Balaban J connectivity index is 1.77. The number of carboxylic acids is 1. The van der Waals surface area contributed by atoms with Crippen LogP contribution in [0.4, 0.5) is 5.69 Å². The van der Waals surface area contributed by atoms with E-state index in [9.17, 15) is 14.7 Å². The van der Waals surface area contributed by atoms with Gasteiger partial charge in [0.1, 0.15) is 24.5 Å². The van der Waals surface area contributed by atoms with E-state index in [1.807, 2.05) is 6.92 Å². The number of aliphatic hydroxyl groups is 1. The van der Waals surface area contributed by atoms with E-state index in [1.165, 1.54) is 7.11 Å². The number of hydrogen-bond acceptors (Lipinski definition) is 8. The molecule has 5 N–H and O–H groups in total. The molecule has 0 aliphatic rings. The van der Waals surface area contributed by atoms with Gasteiger partial charge in [0.15, 0.2) is 11.5 Å². The van der Waals surface area contributed by atoms with Crippen molar-refractivity contribution in [3.05, 3.63) is 53.2 Å². The van der Waals surface area contributed by atoms with Gasteiger partial charge in [-0.05, 0) is 43.7 Å². The lowest BCUT2D eigenvalue weighted by atomic mass is 10.1. The first-order valence-corrected chi connectivity index (χ1v) is 11.1. The number of aromatic carboxylic acids is 1. The molecule has 0 saturated carbocycles. The number of pyridine rings is 1. The summed E-state index contributed by atoms with van der Waals surface area (Å²) in [6.45, 7) is 3.60. The molecule has 3 aromatic rings. The molecule has 0 bridgehead atoms. The number of nitrogens with two attached hydrogens (primary N) is 1. The van der Waals surface area contributed by atoms with Crippen LogP contribution in [0.15, 0.2) is 36.4 Å². The molecular formula is C25H29N3O7. The number of methoxy groups -OCH3 is 1. The number of ether oxygens (including phenoxy) is 3. The van der Waals surface area contributed by atoms with Gasteiger partial charge in [0, 0.05) is 5.56 Å². The molecule has 10 nitrogen and oxygen atoms in total. The molecule has 1 aromatic heterocycles. The number of anilines is 1. The van der Waals surface area contributed by atoms with E-state index in [0.717, 1.165) is 0 Å². The average molecular weight is 484 g/mol. The highest BCUT2D eigenvalue weighted by molar-refractivity contribution is 6.06. The van der Waals surface area contributed by atoms with Crippen LogP contribution in [0.5, 0.6) is 17.2 Å². The first kappa shape index (κ1) is 25.6. The van der Waals surface area contributed by atoms with Crippen molar-refractivity contribution in [2.45, 2.75) is 26.3 Å². The summed E-state index contributed by atoms with van der Waals surface area (Å²) in [5, 5.41) is 21.8. The number of aromatic nitrogens is 1. The van der Waals surface area contributed by atoms with Crippen molar-refractivity contribution in [3.63, 3.8) is 0 Å². The van der Waals surface area contributed by atoms with Crippen molar-refractivity contribution < 1.29 is 34.0 Å². The number of aliphatic hydroxyl groups excluding tert-OH is 1. The van der Waals surface area contributed by atoms with Crippen LogP contribution in [0, 0.1) is 6.92 Å². The summed E-state index contributed by atoms with van der Waals surface area (Å²) in [4.78, 5) is 28.8. The minimum Gasteiger partial charge on any atom is -0.493 e. The molecule has 0 aliphatic heterocycles. The van der Waals surface area contributed by atoms with Crippen LogP contribution in [0.1, 0.15) is 39.8 Å². The van der Waals surface area contributed by atoms with Gasteiger partial charge in [0.05, 0.1) is 42.0 Å². The van der Waals surface area contributed by atoms with E-state index in [0.29, 0.717) is 45.8 Å². The van der Waals surface area contributed by atoms with Crippen molar-refractivity contribution in [2.24, 2.45) is 0 Å². The molecule has 3 rings (SSSR count). The zero-order valence-electron chi connectivity index (χ0n) is 19.8. The van der Waals surface area contributed by atoms with Gasteiger partial charge in [-0.3, -0.25) is 9.78 Å². The molecule has 1 heterocycles. The van der Waals surface area contributed by atoms with Gasteiger partial charge in [0.2, 0.25) is 0 Å². The van der Waals surface area contributed by atoms with Gasteiger partial charge in [-0.25, -0.2) is 4.79 Å². The number of carbonyl (C=O) groups is 2. The van der Waals surface area contributed by atoms with Crippen LogP contribution in [-0.4, -0.2) is 60.0 Å². The number of nitrogen functional groups attached to an aromatic ring is 1. The quantitative estimate of drug-likeness (QED) is 0.322. The molecule has 0 spiro atoms. The van der Waals surface area contributed by atoms with Crippen molar-refractivity contribution in [1.29, 1.82) is 0 Å². The molecule has 10 heteroatoms. The van der Waals surface area contributed by atoms with Gasteiger partial charge in [-0.2, -0.15) is 0 Å². The van der Waals surface area contributed by atoms with Crippen LogP contribution in [0.3, 0.4) is 0 Å². The number of fused-ring (bicyclic) bond motifs is 1. The topological polar surface area (TPSA) is 153 Å². The summed E-state index contributed by atoms with van der Waals surface area (Å²) >= 11 is 0. The molecule has 186 valence electrons. The van der Waals surface area contributed by atoms with Gasteiger partial charge in [0.25, 0.3) is 5.91 Å². The Kier molecular flexibility index (Phi) is 8.32. The molecule has 0 fully saturated rings. The highest BCUT2D eigenvalue weighted by Crippen LogP contribution is 2.33. The molecule has 0 saturated heterocycles. The number of hydrogen-bond donors (Lipinski definition) is 4. The summed E-state index contributed by atoms with van der Waals surface area (Å²) in [6, 6.07) is 9.59. The summed E-state index contributed by atoms with van der Waals surface area (Å²) in [5.74, 6) is -0.304. The number of nitrogens with one attached hydrogen (secondary N) is 1. The Bertz CT molecular complexity index is 1230. The average Bonchev–Trinajstić information content (AvgIpc) is 2.84. The number of nitrogens with zero attached hydrogens (tertiary/aromatic N) is 1. The Morgan fingerprint density at radius 3 is 2.57 bits per heavy atom. The highest BCUT2D eigenvalue weighted by Gasteiger charge is 2.20. The highest BCUT2D eigenvalue weighted by atomic mass is 16.5. The standard InChI is InChI=1S/C25H29N3O7/c1-4-16(28-24(30)15-8-9-18(34-11-10-29)20(12-15)33-3)13-35-19-7-5-6-17-22(19)23(26)21(25(31)32)14(2)27-17/h5-9,12,16,29H,4,10-11,13H2,1-3H3,(H2,26,27)(H,28,30)(H,31,32). The summed E-state index contributed by atoms with van der Waals surface area (Å²) < 4.78 is 16.7. The van der Waals surface area contributed by atoms with Crippen LogP contribution < -0.4 is 25.3 Å². The number of aryl methyl sites for hydroxylation is 1. The fourth-order valence-electron chi connectivity index (χ4n) is 3.63. The molecule has 1 unspecified atom stereocenters. The Morgan fingerprint density at radius 1 is 1.14 bits per heavy atom. The van der Waals surface area contributed by atoms with E-state index in [4.69, 9.17) is 25.1 Å². The number of rotatable bonds is 11. The lowest BCUT2D eigenvalue weighted by molar-refractivity contribution is 0.0696. The molecule has 0 aliphatic carbocycles. The Morgan fingerprint density at radius 2 is 1.91 bits per heavy atom. The fourth-order valence-corrected chi connectivity index (χ4v) is 3.63. The summed E-state index contributed by atoms with van der Waals surface area (Å²) in [6.07, 6.45) is 0.582. The van der Waals surface area contributed by atoms with E-state index < -0.39 is 5.97 Å². The van der Waals surface area contributed by atoms with Crippen LogP contribution in [0.2, 0.25) is 0 Å². The third-order valence-corrected chi connectivity index (χ3v) is 5.45. The fraction of sp³-hybridized carbons (Fsp3) is 0.320. The van der Waals surface area contributed by atoms with E-state index >= 15 is 0 Å². The Hall–Kier alpha value is -4.05. The third kappa shape index (κ3) is 5.72. The predicted molar refractivity (Wildman–Crippen MR) is 130 cm³/mol. The van der Waals surface area contributed by atoms with Crippen molar-refractivity contribution in [1.82, 2.24) is 10.3 Å². The minimum absolute atomic E-state index is 0.0609. The smallest absolute Gasteiger partial charge is 0.339 e. The zero-order chi connectivity index (χ0) is 25.5. The van der Waals surface area contributed by atoms with Crippen molar-refractivity contribution >= 4 is 28.5 Å². The largest absolute Gasteiger partial charge is 0.493 e. The zero-order valence-corrected chi connectivity index (χ0v) is 19.8. The van der Waals surface area contributed by atoms with Gasteiger partial charge < -0.3 is 35.5 Å². The maximum atomic E-state index is 12.8. The van der Waals surface area contributed by atoms with E-state index in [-0.39, 0.29) is 43.0 Å².